The van der Waals surface area contributed by atoms with Crippen LogP contribution in [0.1, 0.15) is 10.6 Å². The standard InChI is InChI=1S/C18H17ClN8O2S/c1-10-24-15-12(3-6-29-2)14(9-21-17(15)30-10)26-18(28)25-11-7-13(19)16(20-8-11)27-22-4-5-23-27/h4-5,7-9H,3,6H2,1-2H3,(H2,25,26,28). The number of fused-ring (bicyclic) bond motifs is 1. The van der Waals surface area contributed by atoms with E-state index in [1.54, 1.807) is 19.4 Å². The Labute approximate surface area is 180 Å². The molecule has 0 unspecified atom stereocenters. The summed E-state index contributed by atoms with van der Waals surface area (Å²) in [6, 6.07) is 1.12. The largest absolute Gasteiger partial charge is 0.384 e. The molecule has 10 nitrogen and oxygen atoms in total. The van der Waals surface area contributed by atoms with Crippen molar-refractivity contribution < 1.29 is 9.53 Å². The van der Waals surface area contributed by atoms with Gasteiger partial charge in [-0.25, -0.2) is 19.7 Å². The van der Waals surface area contributed by atoms with Gasteiger partial charge in [-0.2, -0.15) is 10.2 Å². The van der Waals surface area contributed by atoms with E-state index < -0.39 is 6.03 Å². The number of hydrogen-bond acceptors (Lipinski definition) is 8. The molecule has 4 aromatic rings. The van der Waals surface area contributed by atoms with Gasteiger partial charge in [0, 0.05) is 19.1 Å². The molecule has 0 aliphatic carbocycles. The van der Waals surface area contributed by atoms with E-state index in [0.29, 0.717) is 35.2 Å². The van der Waals surface area contributed by atoms with Crippen LogP contribution >= 0.6 is 22.9 Å². The van der Waals surface area contributed by atoms with Crippen molar-refractivity contribution in [2.24, 2.45) is 0 Å². The van der Waals surface area contributed by atoms with E-state index in [9.17, 15) is 4.79 Å². The number of halogens is 1. The topological polar surface area (TPSA) is 120 Å². The number of methoxy groups -OCH3 is 1. The first-order valence-electron chi connectivity index (χ1n) is 8.89. The summed E-state index contributed by atoms with van der Waals surface area (Å²) in [5.41, 5.74) is 2.63. The summed E-state index contributed by atoms with van der Waals surface area (Å²) in [5, 5.41) is 14.7. The maximum Gasteiger partial charge on any atom is 0.323 e. The Hall–Kier alpha value is -3.15. The van der Waals surface area contributed by atoms with Crippen LogP contribution in [0.15, 0.2) is 30.9 Å². The average Bonchev–Trinajstić information content (AvgIpc) is 3.36. The molecule has 0 fully saturated rings. The van der Waals surface area contributed by atoms with E-state index in [4.69, 9.17) is 16.3 Å². The third kappa shape index (κ3) is 4.22. The first-order valence-corrected chi connectivity index (χ1v) is 10.1. The van der Waals surface area contributed by atoms with Gasteiger partial charge in [0.2, 0.25) is 0 Å². The first kappa shape index (κ1) is 20.1. The number of amides is 2. The molecule has 30 heavy (non-hydrogen) atoms. The maximum absolute atomic E-state index is 12.6. The number of aryl methyl sites for hydroxylation is 1. The molecule has 2 N–H and O–H groups in total. The number of ether oxygens (including phenoxy) is 1. The SMILES string of the molecule is COCCc1c(NC(=O)Nc2cnc(-n3nccn3)c(Cl)c2)cnc2sc(C)nc12. The summed E-state index contributed by atoms with van der Waals surface area (Å²) in [7, 11) is 1.63. The molecule has 0 aliphatic rings. The lowest BCUT2D eigenvalue weighted by molar-refractivity contribution is 0.202. The minimum atomic E-state index is -0.454. The highest BCUT2D eigenvalue weighted by Crippen LogP contribution is 2.28. The number of thiazole rings is 1. The molecule has 12 heteroatoms. The van der Waals surface area contributed by atoms with Gasteiger partial charge in [-0.1, -0.05) is 22.9 Å². The zero-order chi connectivity index (χ0) is 21.1. The summed E-state index contributed by atoms with van der Waals surface area (Å²) in [4.78, 5) is 27.9. The number of rotatable bonds is 6. The number of aromatic nitrogens is 6. The summed E-state index contributed by atoms with van der Waals surface area (Å²) >= 11 is 7.75. The number of pyridine rings is 2. The molecule has 4 heterocycles. The van der Waals surface area contributed by atoms with Crippen LogP contribution in [0.2, 0.25) is 5.02 Å². The summed E-state index contributed by atoms with van der Waals surface area (Å²) in [6.45, 7) is 2.42. The lowest BCUT2D eigenvalue weighted by Crippen LogP contribution is -2.21. The van der Waals surface area contributed by atoms with Gasteiger partial charge in [0.1, 0.15) is 10.3 Å². The molecule has 0 saturated carbocycles. The molecule has 2 amide bonds. The van der Waals surface area contributed by atoms with Crippen LogP contribution in [-0.2, 0) is 11.2 Å². The Morgan fingerprint density at radius 3 is 2.77 bits per heavy atom. The normalized spacial score (nSPS) is 11.0. The number of carbonyl (C=O) groups is 1. The molecular weight excluding hydrogens is 428 g/mol. The Morgan fingerprint density at radius 1 is 1.23 bits per heavy atom. The second-order valence-electron chi connectivity index (χ2n) is 6.21. The highest BCUT2D eigenvalue weighted by atomic mass is 35.5. The molecule has 0 spiro atoms. The minimum Gasteiger partial charge on any atom is -0.384 e. The number of nitrogens with one attached hydrogen (secondary N) is 2. The van der Waals surface area contributed by atoms with Gasteiger partial charge in [0.05, 0.1) is 52.8 Å². The van der Waals surface area contributed by atoms with Crippen LogP contribution in [0, 0.1) is 6.92 Å². The number of carbonyl (C=O) groups excluding carboxylic acids is 1. The van der Waals surface area contributed by atoms with Crippen LogP contribution < -0.4 is 10.6 Å². The van der Waals surface area contributed by atoms with Gasteiger partial charge >= 0.3 is 6.03 Å². The van der Waals surface area contributed by atoms with Crippen LogP contribution in [0.4, 0.5) is 16.2 Å². The first-order chi connectivity index (χ1) is 14.5. The van der Waals surface area contributed by atoms with Gasteiger partial charge in [-0.15, -0.1) is 4.80 Å². The highest BCUT2D eigenvalue weighted by molar-refractivity contribution is 7.18. The molecule has 0 bridgehead atoms. The predicted molar refractivity (Wildman–Crippen MR) is 115 cm³/mol. The summed E-state index contributed by atoms with van der Waals surface area (Å²) < 4.78 is 5.20. The second kappa shape index (κ2) is 8.69. The maximum atomic E-state index is 12.6. The number of hydrogen-bond donors (Lipinski definition) is 2. The monoisotopic (exact) mass is 444 g/mol. The number of anilines is 2. The second-order valence-corrected chi connectivity index (χ2v) is 7.80. The molecule has 4 aromatic heterocycles. The molecule has 4 rings (SSSR count). The van der Waals surface area contributed by atoms with Crippen molar-refractivity contribution in [3.05, 3.63) is 46.4 Å². The van der Waals surface area contributed by atoms with E-state index >= 15 is 0 Å². The van der Waals surface area contributed by atoms with Crippen molar-refractivity contribution >= 4 is 50.7 Å². The molecule has 154 valence electrons. The highest BCUT2D eigenvalue weighted by Gasteiger charge is 2.15. The van der Waals surface area contributed by atoms with Gasteiger partial charge < -0.3 is 15.4 Å². The van der Waals surface area contributed by atoms with E-state index in [2.05, 4.69) is 35.8 Å². The Morgan fingerprint density at radius 2 is 2.03 bits per heavy atom. The minimum absolute atomic E-state index is 0.297. The lowest BCUT2D eigenvalue weighted by atomic mass is 10.1. The number of nitrogens with zero attached hydrogens (tertiary/aromatic N) is 6. The van der Waals surface area contributed by atoms with Gasteiger partial charge in [0.15, 0.2) is 5.82 Å². The van der Waals surface area contributed by atoms with Crippen molar-refractivity contribution in [3.8, 4) is 5.82 Å². The zero-order valence-corrected chi connectivity index (χ0v) is 17.7. The van der Waals surface area contributed by atoms with Crippen molar-refractivity contribution in [2.45, 2.75) is 13.3 Å². The Balaban J connectivity index is 1.54. The predicted octanol–water partition coefficient (Wildman–Crippen LogP) is 3.46. The van der Waals surface area contributed by atoms with E-state index in [0.717, 1.165) is 20.9 Å². The van der Waals surface area contributed by atoms with Crippen molar-refractivity contribution in [1.82, 2.24) is 29.9 Å². The molecule has 0 atom stereocenters. The number of urea groups is 1. The molecule has 0 radical (unpaired) electrons. The fourth-order valence-electron chi connectivity index (χ4n) is 2.85. The summed E-state index contributed by atoms with van der Waals surface area (Å²) in [6.07, 6.45) is 6.73. The van der Waals surface area contributed by atoms with Gasteiger partial charge in [-0.3, -0.25) is 0 Å². The average molecular weight is 445 g/mol. The van der Waals surface area contributed by atoms with Crippen LogP contribution in [0.5, 0.6) is 0 Å². The third-order valence-electron chi connectivity index (χ3n) is 4.13. The van der Waals surface area contributed by atoms with E-state index in [1.165, 1.54) is 34.7 Å². The van der Waals surface area contributed by atoms with Crippen molar-refractivity contribution in [3.63, 3.8) is 0 Å². The van der Waals surface area contributed by atoms with E-state index in [-0.39, 0.29) is 0 Å². The zero-order valence-electron chi connectivity index (χ0n) is 16.1. The fraction of sp³-hybridized carbons (Fsp3) is 0.222. The quantitative estimate of drug-likeness (QED) is 0.467. The van der Waals surface area contributed by atoms with Crippen LogP contribution in [0.25, 0.3) is 16.2 Å². The van der Waals surface area contributed by atoms with E-state index in [1.807, 2.05) is 6.92 Å². The molecular formula is C18H17ClN8O2S. The Kier molecular flexibility index (Phi) is 5.84. The van der Waals surface area contributed by atoms with Gasteiger partial charge in [0.25, 0.3) is 0 Å². The smallest absolute Gasteiger partial charge is 0.323 e. The lowest BCUT2D eigenvalue weighted by Gasteiger charge is -2.12. The summed E-state index contributed by atoms with van der Waals surface area (Å²) in [5.74, 6) is 0.364. The van der Waals surface area contributed by atoms with Crippen LogP contribution in [-0.4, -0.2) is 49.7 Å². The van der Waals surface area contributed by atoms with Gasteiger partial charge in [-0.05, 0) is 13.0 Å². The molecule has 0 saturated heterocycles. The third-order valence-corrected chi connectivity index (χ3v) is 5.29. The molecule has 0 aliphatic heterocycles. The van der Waals surface area contributed by atoms with Crippen molar-refractivity contribution in [1.29, 1.82) is 0 Å². The van der Waals surface area contributed by atoms with Crippen molar-refractivity contribution in [2.75, 3.05) is 24.4 Å². The van der Waals surface area contributed by atoms with Crippen LogP contribution in [0.3, 0.4) is 0 Å². The molecule has 0 aromatic carbocycles. The fourth-order valence-corrected chi connectivity index (χ4v) is 3.88. The Bertz CT molecular complexity index is 1190.